The molecule has 186 valence electrons. The Bertz CT molecular complexity index is 1220. The third-order valence-electron chi connectivity index (χ3n) is 6.92. The van der Waals surface area contributed by atoms with Gasteiger partial charge in [0.1, 0.15) is 21.7 Å². The van der Waals surface area contributed by atoms with Gasteiger partial charge in [0.2, 0.25) is 10.0 Å². The highest BCUT2D eigenvalue weighted by molar-refractivity contribution is 7.89. The van der Waals surface area contributed by atoms with Gasteiger partial charge in [-0.2, -0.15) is 8.75 Å². The van der Waals surface area contributed by atoms with Crippen molar-refractivity contribution in [2.75, 3.05) is 13.2 Å². The van der Waals surface area contributed by atoms with Gasteiger partial charge >= 0.3 is 0 Å². The lowest BCUT2D eigenvalue weighted by atomic mass is 9.76. The van der Waals surface area contributed by atoms with E-state index in [1.165, 1.54) is 11.1 Å². The summed E-state index contributed by atoms with van der Waals surface area (Å²) in [6.45, 7) is 14.4. The highest BCUT2D eigenvalue weighted by Gasteiger charge is 2.26. The lowest BCUT2D eigenvalue weighted by molar-refractivity contribution is 0.296. The van der Waals surface area contributed by atoms with Crippen LogP contribution in [-0.4, -0.2) is 30.3 Å². The zero-order chi connectivity index (χ0) is 25.0. The molecule has 0 aliphatic carbocycles. The summed E-state index contributed by atoms with van der Waals surface area (Å²) < 4.78 is 42.6. The van der Waals surface area contributed by atoms with Gasteiger partial charge in [-0.15, -0.1) is 0 Å². The summed E-state index contributed by atoms with van der Waals surface area (Å²) in [6.07, 6.45) is 3.52. The van der Waals surface area contributed by atoms with E-state index in [1.54, 1.807) is 18.2 Å². The quantitative estimate of drug-likeness (QED) is 0.297. The smallest absolute Gasteiger partial charge is 0.242 e. The second-order valence-electron chi connectivity index (χ2n) is 10.0. The minimum Gasteiger partial charge on any atom is -0.493 e. The lowest BCUT2D eigenvalue weighted by Crippen LogP contribution is -2.25. The van der Waals surface area contributed by atoms with E-state index in [0.29, 0.717) is 30.6 Å². The second kappa shape index (κ2) is 10.7. The van der Waals surface area contributed by atoms with E-state index in [0.717, 1.165) is 36.7 Å². The minimum atomic E-state index is -3.63. The first kappa shape index (κ1) is 26.6. The van der Waals surface area contributed by atoms with Gasteiger partial charge in [0.25, 0.3) is 0 Å². The van der Waals surface area contributed by atoms with Crippen molar-refractivity contribution in [2.45, 2.75) is 83.0 Å². The Morgan fingerprint density at radius 2 is 1.71 bits per heavy atom. The van der Waals surface area contributed by atoms with Crippen LogP contribution in [0.25, 0.3) is 11.0 Å². The standard InChI is InChI=1S/C26H37N3O3S2/c1-7-25(3,4)19-14-15-22(20(18-19)26(5,6)8-2)32-17-10-9-16-27-34(30,31)23-13-11-12-21-24(23)29-33-28-21/h11-15,18,27H,7-10,16-17H2,1-6H3. The van der Waals surface area contributed by atoms with Crippen LogP contribution < -0.4 is 9.46 Å². The molecule has 1 heterocycles. The molecule has 0 radical (unpaired) electrons. The van der Waals surface area contributed by atoms with Crippen molar-refractivity contribution in [3.63, 3.8) is 0 Å². The molecule has 2 aromatic carbocycles. The number of hydrogen-bond donors (Lipinski definition) is 1. The molecule has 34 heavy (non-hydrogen) atoms. The van der Waals surface area contributed by atoms with Crippen molar-refractivity contribution in [1.82, 2.24) is 13.5 Å². The number of nitrogens with one attached hydrogen (secondary N) is 1. The molecule has 3 aromatic rings. The fourth-order valence-corrected chi connectivity index (χ4v) is 5.53. The summed E-state index contributed by atoms with van der Waals surface area (Å²) in [4.78, 5) is 0.177. The maximum absolute atomic E-state index is 12.7. The van der Waals surface area contributed by atoms with Gasteiger partial charge in [-0.1, -0.05) is 59.7 Å². The van der Waals surface area contributed by atoms with Crippen molar-refractivity contribution in [3.8, 4) is 5.75 Å². The van der Waals surface area contributed by atoms with Gasteiger partial charge in [-0.05, 0) is 60.3 Å². The number of unbranched alkanes of at least 4 members (excludes halogenated alkanes) is 1. The first-order valence-electron chi connectivity index (χ1n) is 12.0. The monoisotopic (exact) mass is 503 g/mol. The van der Waals surface area contributed by atoms with Gasteiger partial charge in [0.05, 0.1) is 18.3 Å². The number of sulfonamides is 1. The average molecular weight is 504 g/mol. The van der Waals surface area contributed by atoms with E-state index in [4.69, 9.17) is 4.74 Å². The molecule has 0 aliphatic rings. The molecular weight excluding hydrogens is 466 g/mol. The van der Waals surface area contributed by atoms with E-state index in [-0.39, 0.29) is 15.7 Å². The maximum Gasteiger partial charge on any atom is 0.242 e. The van der Waals surface area contributed by atoms with E-state index in [1.807, 2.05) is 0 Å². The van der Waals surface area contributed by atoms with E-state index >= 15 is 0 Å². The Morgan fingerprint density at radius 1 is 0.971 bits per heavy atom. The number of aromatic nitrogens is 2. The number of hydrogen-bond acceptors (Lipinski definition) is 6. The number of nitrogens with zero attached hydrogens (tertiary/aromatic N) is 2. The molecule has 6 nitrogen and oxygen atoms in total. The molecule has 0 atom stereocenters. The molecule has 0 saturated carbocycles. The van der Waals surface area contributed by atoms with Gasteiger partial charge < -0.3 is 4.74 Å². The molecule has 0 spiro atoms. The summed E-state index contributed by atoms with van der Waals surface area (Å²) in [5.74, 6) is 0.922. The van der Waals surface area contributed by atoms with Crippen LogP contribution in [0.1, 0.15) is 78.4 Å². The molecule has 8 heteroatoms. The molecule has 0 amide bonds. The minimum absolute atomic E-state index is 0.0103. The predicted molar refractivity (Wildman–Crippen MR) is 140 cm³/mol. The van der Waals surface area contributed by atoms with Gasteiger partial charge in [-0.3, -0.25) is 0 Å². The van der Waals surface area contributed by atoms with Crippen LogP contribution >= 0.6 is 11.7 Å². The Morgan fingerprint density at radius 3 is 2.41 bits per heavy atom. The zero-order valence-electron chi connectivity index (χ0n) is 21.1. The number of rotatable bonds is 12. The van der Waals surface area contributed by atoms with Crippen molar-refractivity contribution in [1.29, 1.82) is 0 Å². The fourth-order valence-electron chi connectivity index (χ4n) is 3.69. The summed E-state index contributed by atoms with van der Waals surface area (Å²) in [5.41, 5.74) is 3.71. The molecule has 0 bridgehead atoms. The number of ether oxygens (including phenoxy) is 1. The molecular formula is C26H37N3O3S2. The van der Waals surface area contributed by atoms with Crippen LogP contribution in [0.2, 0.25) is 0 Å². The lowest BCUT2D eigenvalue weighted by Gasteiger charge is -2.30. The highest BCUT2D eigenvalue weighted by atomic mass is 32.2. The van der Waals surface area contributed by atoms with Crippen molar-refractivity contribution in [3.05, 3.63) is 47.5 Å². The van der Waals surface area contributed by atoms with Crippen molar-refractivity contribution < 1.29 is 13.2 Å². The van der Waals surface area contributed by atoms with Crippen molar-refractivity contribution >= 4 is 32.8 Å². The molecule has 1 aromatic heterocycles. The first-order valence-corrected chi connectivity index (χ1v) is 14.2. The Hall–Kier alpha value is -2.03. The van der Waals surface area contributed by atoms with E-state index in [9.17, 15) is 8.42 Å². The van der Waals surface area contributed by atoms with E-state index < -0.39 is 10.0 Å². The molecule has 0 fully saturated rings. The largest absolute Gasteiger partial charge is 0.493 e. The van der Waals surface area contributed by atoms with Crippen LogP contribution in [0.5, 0.6) is 5.75 Å². The predicted octanol–water partition coefficient (Wildman–Crippen LogP) is 6.20. The first-order chi connectivity index (χ1) is 16.0. The molecule has 0 unspecified atom stereocenters. The van der Waals surface area contributed by atoms with Crippen LogP contribution in [-0.2, 0) is 20.9 Å². The van der Waals surface area contributed by atoms with Crippen molar-refractivity contribution in [2.24, 2.45) is 0 Å². The summed E-state index contributed by atoms with van der Waals surface area (Å²) >= 11 is 1.01. The van der Waals surface area contributed by atoms with E-state index in [2.05, 4.69) is 73.2 Å². The van der Waals surface area contributed by atoms with Crippen LogP contribution in [0.3, 0.4) is 0 Å². The third kappa shape index (κ3) is 5.96. The zero-order valence-corrected chi connectivity index (χ0v) is 22.8. The summed E-state index contributed by atoms with van der Waals surface area (Å²) in [7, 11) is -3.63. The molecule has 0 saturated heterocycles. The molecule has 3 rings (SSSR count). The number of benzene rings is 2. The van der Waals surface area contributed by atoms with Crippen LogP contribution in [0, 0.1) is 0 Å². The number of fused-ring (bicyclic) bond motifs is 1. The second-order valence-corrected chi connectivity index (χ2v) is 12.3. The normalized spacial score (nSPS) is 12.9. The summed E-state index contributed by atoms with van der Waals surface area (Å²) in [6, 6.07) is 11.6. The highest BCUT2D eigenvalue weighted by Crippen LogP contribution is 2.38. The average Bonchev–Trinajstić information content (AvgIpc) is 3.30. The maximum atomic E-state index is 12.7. The Labute approximate surface area is 208 Å². The fraction of sp³-hybridized carbons (Fsp3) is 0.538. The summed E-state index contributed by atoms with van der Waals surface area (Å²) in [5, 5.41) is 0. The molecule has 0 aliphatic heterocycles. The van der Waals surface area contributed by atoms with Crippen LogP contribution in [0.15, 0.2) is 41.3 Å². The van der Waals surface area contributed by atoms with Gasteiger partial charge in [0, 0.05) is 12.1 Å². The Kier molecular flexibility index (Phi) is 8.37. The van der Waals surface area contributed by atoms with Gasteiger partial charge in [-0.25, -0.2) is 13.1 Å². The van der Waals surface area contributed by atoms with Crippen LogP contribution in [0.4, 0.5) is 0 Å². The third-order valence-corrected chi connectivity index (χ3v) is 8.95. The Balaban J connectivity index is 1.59. The SMILES string of the molecule is CCC(C)(C)c1ccc(OCCCCNS(=O)(=O)c2cccc3nsnc23)c(C(C)(C)CC)c1. The van der Waals surface area contributed by atoms with Gasteiger partial charge in [0.15, 0.2) is 0 Å². The topological polar surface area (TPSA) is 81.2 Å². The molecule has 1 N–H and O–H groups in total.